The van der Waals surface area contributed by atoms with Crippen LogP contribution in [0.3, 0.4) is 0 Å². The summed E-state index contributed by atoms with van der Waals surface area (Å²) in [6, 6.07) is 0. The predicted octanol–water partition coefficient (Wildman–Crippen LogP) is -0.976. The smallest absolute Gasteiger partial charge is 0.240 e. The van der Waals surface area contributed by atoms with Crippen molar-refractivity contribution in [1.29, 1.82) is 0 Å². The first-order valence-corrected chi connectivity index (χ1v) is 5.09. The van der Waals surface area contributed by atoms with Gasteiger partial charge in [0.15, 0.2) is 0 Å². The van der Waals surface area contributed by atoms with Crippen molar-refractivity contribution < 1.29 is 4.21 Å². The van der Waals surface area contributed by atoms with Crippen molar-refractivity contribution in [1.82, 2.24) is 20.2 Å². The Labute approximate surface area is 72.6 Å². The van der Waals surface area contributed by atoms with Crippen molar-refractivity contribution in [2.24, 2.45) is 0 Å². The molecule has 1 rings (SSSR count). The Morgan fingerprint density at radius 1 is 1.67 bits per heavy atom. The highest BCUT2D eigenvalue weighted by molar-refractivity contribution is 7.84. The number of nitrogens with zero attached hydrogens (tertiary/aromatic N) is 4. The van der Waals surface area contributed by atoms with Crippen LogP contribution < -0.4 is 5.73 Å². The van der Waals surface area contributed by atoms with Crippen molar-refractivity contribution >= 4 is 16.7 Å². The van der Waals surface area contributed by atoms with Gasteiger partial charge in [-0.25, -0.2) is 4.68 Å². The van der Waals surface area contributed by atoms with Crippen LogP contribution >= 0.6 is 0 Å². The van der Waals surface area contributed by atoms with E-state index in [1.165, 1.54) is 4.68 Å². The second-order valence-electron chi connectivity index (χ2n) is 2.19. The van der Waals surface area contributed by atoms with Gasteiger partial charge in [0.2, 0.25) is 5.95 Å². The fraction of sp³-hybridized carbons (Fsp3) is 0.800. The van der Waals surface area contributed by atoms with Crippen LogP contribution in [-0.2, 0) is 17.3 Å². The number of nitrogens with two attached hydrogens (primary N) is 1. The van der Waals surface area contributed by atoms with Crippen LogP contribution in [0.25, 0.3) is 0 Å². The van der Waals surface area contributed by atoms with Gasteiger partial charge in [-0.3, -0.25) is 4.21 Å². The molecule has 1 aromatic rings. The summed E-state index contributed by atoms with van der Waals surface area (Å²) in [6.45, 7) is 2.39. The zero-order valence-corrected chi connectivity index (χ0v) is 7.62. The molecule has 0 saturated carbocycles. The van der Waals surface area contributed by atoms with E-state index in [2.05, 4.69) is 15.5 Å². The lowest BCUT2D eigenvalue weighted by Gasteiger charge is -1.99. The quantitative estimate of drug-likeness (QED) is 0.658. The number of aryl methyl sites for hydroxylation is 1. The molecule has 0 fully saturated rings. The molecule has 1 unspecified atom stereocenters. The number of hydrogen-bond donors (Lipinski definition) is 1. The summed E-state index contributed by atoms with van der Waals surface area (Å²) < 4.78 is 12.4. The molecule has 12 heavy (non-hydrogen) atoms. The maximum atomic E-state index is 11.0. The normalized spacial score (nSPS) is 13.1. The second kappa shape index (κ2) is 4.15. The monoisotopic (exact) mass is 189 g/mol. The third-order valence-corrected chi connectivity index (χ3v) is 2.69. The summed E-state index contributed by atoms with van der Waals surface area (Å²) in [5, 5.41) is 10.5. The summed E-state index contributed by atoms with van der Waals surface area (Å²) in [5.74, 6) is 1.47. The molecule has 68 valence electrons. The van der Waals surface area contributed by atoms with E-state index in [-0.39, 0.29) is 5.95 Å². The molecule has 7 heteroatoms. The lowest BCUT2D eigenvalue weighted by Crippen LogP contribution is -2.12. The maximum absolute atomic E-state index is 11.0. The average Bonchev–Trinajstić information content (AvgIpc) is 2.47. The van der Waals surface area contributed by atoms with E-state index in [1.54, 1.807) is 0 Å². The average molecular weight is 189 g/mol. The molecule has 1 atom stereocenters. The largest absolute Gasteiger partial charge is 0.367 e. The Bertz CT molecular complexity index is 273. The molecule has 0 saturated heterocycles. The number of hydrogen-bond acceptors (Lipinski definition) is 5. The molecule has 0 amide bonds. The summed E-state index contributed by atoms with van der Waals surface area (Å²) in [6.07, 6.45) is 0. The van der Waals surface area contributed by atoms with E-state index in [0.29, 0.717) is 18.1 Å². The molecule has 0 bridgehead atoms. The molecule has 1 heterocycles. The van der Waals surface area contributed by atoms with Crippen molar-refractivity contribution in [2.75, 3.05) is 17.2 Å². The van der Waals surface area contributed by atoms with Gasteiger partial charge in [0.05, 0.1) is 6.54 Å². The summed E-state index contributed by atoms with van der Waals surface area (Å²) in [5.41, 5.74) is 5.40. The van der Waals surface area contributed by atoms with E-state index < -0.39 is 10.8 Å². The van der Waals surface area contributed by atoms with E-state index in [1.807, 2.05) is 6.92 Å². The topological polar surface area (TPSA) is 86.7 Å². The Kier molecular flexibility index (Phi) is 3.15. The Morgan fingerprint density at radius 2 is 2.42 bits per heavy atom. The van der Waals surface area contributed by atoms with Gasteiger partial charge in [-0.1, -0.05) is 12.0 Å². The van der Waals surface area contributed by atoms with Crippen molar-refractivity contribution in [3.8, 4) is 0 Å². The minimum atomic E-state index is -0.792. The molecule has 0 spiro atoms. The zero-order chi connectivity index (χ0) is 8.97. The van der Waals surface area contributed by atoms with Gasteiger partial charge in [-0.05, 0) is 10.4 Å². The molecular weight excluding hydrogens is 178 g/mol. The minimum Gasteiger partial charge on any atom is -0.367 e. The first-order valence-electron chi connectivity index (χ1n) is 3.60. The summed E-state index contributed by atoms with van der Waals surface area (Å²) in [7, 11) is -0.792. The van der Waals surface area contributed by atoms with Gasteiger partial charge in [-0.15, -0.1) is 0 Å². The summed E-state index contributed by atoms with van der Waals surface area (Å²) >= 11 is 0. The second-order valence-corrected chi connectivity index (χ2v) is 4.06. The summed E-state index contributed by atoms with van der Waals surface area (Å²) in [4.78, 5) is 0. The van der Waals surface area contributed by atoms with E-state index in [4.69, 9.17) is 5.73 Å². The first kappa shape index (κ1) is 9.11. The predicted molar refractivity (Wildman–Crippen MR) is 45.8 cm³/mol. The maximum Gasteiger partial charge on any atom is 0.240 e. The van der Waals surface area contributed by atoms with Crippen molar-refractivity contribution in [2.45, 2.75) is 13.5 Å². The fourth-order valence-electron chi connectivity index (χ4n) is 0.703. The highest BCUT2D eigenvalue weighted by atomic mass is 32.2. The number of anilines is 1. The molecule has 2 N–H and O–H groups in total. The molecule has 6 nitrogen and oxygen atoms in total. The Hall–Kier alpha value is -0.980. The standard InChI is InChI=1S/C5H11N5OS/c1-2-12(11)4-3-10-5(6)7-8-9-10/h2-4H2,1H3,(H2,6,7,9). The number of rotatable bonds is 4. The molecule has 1 aromatic heterocycles. The van der Waals surface area contributed by atoms with Crippen LogP contribution in [0.5, 0.6) is 0 Å². The highest BCUT2D eigenvalue weighted by Gasteiger charge is 2.02. The van der Waals surface area contributed by atoms with Crippen LogP contribution in [0, 0.1) is 0 Å². The van der Waals surface area contributed by atoms with Crippen LogP contribution in [0.15, 0.2) is 0 Å². The van der Waals surface area contributed by atoms with Gasteiger partial charge in [0.25, 0.3) is 0 Å². The van der Waals surface area contributed by atoms with E-state index in [0.717, 1.165) is 0 Å². The van der Waals surface area contributed by atoms with Crippen LogP contribution in [-0.4, -0.2) is 35.9 Å². The first-order chi connectivity index (χ1) is 5.74. The van der Waals surface area contributed by atoms with Gasteiger partial charge in [-0.2, -0.15) is 0 Å². The van der Waals surface area contributed by atoms with Crippen LogP contribution in [0.1, 0.15) is 6.92 Å². The molecule has 0 aliphatic heterocycles. The van der Waals surface area contributed by atoms with E-state index >= 15 is 0 Å². The van der Waals surface area contributed by atoms with Crippen LogP contribution in [0.4, 0.5) is 5.95 Å². The van der Waals surface area contributed by atoms with Crippen molar-refractivity contribution in [3.63, 3.8) is 0 Å². The van der Waals surface area contributed by atoms with Gasteiger partial charge >= 0.3 is 0 Å². The van der Waals surface area contributed by atoms with Gasteiger partial charge in [0, 0.05) is 22.3 Å². The van der Waals surface area contributed by atoms with Crippen LogP contribution in [0.2, 0.25) is 0 Å². The molecule has 0 aliphatic rings. The SMILES string of the molecule is CCS(=O)CCn1nnnc1N. The van der Waals surface area contributed by atoms with Crippen molar-refractivity contribution in [3.05, 3.63) is 0 Å². The lowest BCUT2D eigenvalue weighted by molar-refractivity contribution is 0.626. The highest BCUT2D eigenvalue weighted by Crippen LogP contribution is 1.92. The van der Waals surface area contributed by atoms with Gasteiger partial charge < -0.3 is 5.73 Å². The van der Waals surface area contributed by atoms with Gasteiger partial charge in [0.1, 0.15) is 0 Å². The number of tetrazole rings is 1. The number of nitrogen functional groups attached to an aromatic ring is 1. The fourth-order valence-corrected chi connectivity index (χ4v) is 1.37. The lowest BCUT2D eigenvalue weighted by atomic mass is 10.7. The molecule has 0 aromatic carbocycles. The minimum absolute atomic E-state index is 0.267. The van der Waals surface area contributed by atoms with E-state index in [9.17, 15) is 4.21 Å². The molecule has 0 aliphatic carbocycles. The zero-order valence-electron chi connectivity index (χ0n) is 6.80. The molecule has 0 radical (unpaired) electrons. The third kappa shape index (κ3) is 2.26. The third-order valence-electron chi connectivity index (χ3n) is 1.41. The number of aromatic nitrogens is 4. The Morgan fingerprint density at radius 3 is 2.92 bits per heavy atom. The molecular formula is C5H11N5OS. The Balaban J connectivity index is 2.43.